The van der Waals surface area contributed by atoms with Crippen molar-refractivity contribution < 1.29 is 4.74 Å². The molecule has 0 amide bonds. The fourth-order valence-corrected chi connectivity index (χ4v) is 2.44. The molecule has 5 nitrogen and oxygen atoms in total. The van der Waals surface area contributed by atoms with Gasteiger partial charge in [-0.25, -0.2) is 9.97 Å². The third-order valence-corrected chi connectivity index (χ3v) is 3.61. The summed E-state index contributed by atoms with van der Waals surface area (Å²) >= 11 is 0. The van der Waals surface area contributed by atoms with Gasteiger partial charge in [-0.2, -0.15) is 0 Å². The second kappa shape index (κ2) is 6.70. The SMILES string of the molecule is CCCOc1cc(N2CCCC(C(C)N)C2)ncn1. The van der Waals surface area contributed by atoms with Crippen molar-refractivity contribution in [3.05, 3.63) is 12.4 Å². The van der Waals surface area contributed by atoms with E-state index < -0.39 is 0 Å². The van der Waals surface area contributed by atoms with E-state index in [1.165, 1.54) is 12.8 Å². The molecule has 2 N–H and O–H groups in total. The number of nitrogens with zero attached hydrogens (tertiary/aromatic N) is 3. The summed E-state index contributed by atoms with van der Waals surface area (Å²) in [6, 6.07) is 2.17. The van der Waals surface area contributed by atoms with Gasteiger partial charge in [-0.3, -0.25) is 0 Å². The van der Waals surface area contributed by atoms with Crippen LogP contribution in [0.15, 0.2) is 12.4 Å². The van der Waals surface area contributed by atoms with Crippen LogP contribution in [0, 0.1) is 5.92 Å². The number of anilines is 1. The molecule has 2 heterocycles. The largest absolute Gasteiger partial charge is 0.478 e. The highest BCUT2D eigenvalue weighted by atomic mass is 16.5. The summed E-state index contributed by atoms with van der Waals surface area (Å²) in [5, 5.41) is 0. The highest BCUT2D eigenvalue weighted by Gasteiger charge is 2.23. The minimum Gasteiger partial charge on any atom is -0.478 e. The zero-order valence-corrected chi connectivity index (χ0v) is 11.9. The Labute approximate surface area is 115 Å². The maximum Gasteiger partial charge on any atom is 0.218 e. The molecule has 19 heavy (non-hydrogen) atoms. The number of aromatic nitrogens is 2. The monoisotopic (exact) mass is 264 g/mol. The Morgan fingerprint density at radius 1 is 1.53 bits per heavy atom. The van der Waals surface area contributed by atoms with E-state index in [0.29, 0.717) is 18.4 Å². The van der Waals surface area contributed by atoms with Crippen LogP contribution in [0.1, 0.15) is 33.1 Å². The van der Waals surface area contributed by atoms with Crippen molar-refractivity contribution in [1.29, 1.82) is 0 Å². The molecule has 2 atom stereocenters. The summed E-state index contributed by atoms with van der Waals surface area (Å²) in [6.45, 7) is 6.87. The Hall–Kier alpha value is -1.36. The van der Waals surface area contributed by atoms with Gasteiger partial charge in [0.15, 0.2) is 0 Å². The average molecular weight is 264 g/mol. The van der Waals surface area contributed by atoms with Crippen LogP contribution in [-0.2, 0) is 0 Å². The van der Waals surface area contributed by atoms with E-state index in [2.05, 4.69) is 28.7 Å². The Morgan fingerprint density at radius 2 is 2.37 bits per heavy atom. The fourth-order valence-electron chi connectivity index (χ4n) is 2.44. The maximum atomic E-state index is 6.02. The smallest absolute Gasteiger partial charge is 0.218 e. The molecule has 0 saturated carbocycles. The predicted octanol–water partition coefficient (Wildman–Crippen LogP) is 1.83. The van der Waals surface area contributed by atoms with Crippen molar-refractivity contribution in [2.75, 3.05) is 24.6 Å². The van der Waals surface area contributed by atoms with Crippen LogP contribution >= 0.6 is 0 Å². The first kappa shape index (κ1) is 14.1. The summed E-state index contributed by atoms with van der Waals surface area (Å²) in [5.74, 6) is 2.16. The molecule has 106 valence electrons. The minimum atomic E-state index is 0.237. The van der Waals surface area contributed by atoms with E-state index in [0.717, 1.165) is 25.3 Å². The molecule has 2 unspecified atom stereocenters. The van der Waals surface area contributed by atoms with Crippen molar-refractivity contribution in [2.24, 2.45) is 11.7 Å². The minimum absolute atomic E-state index is 0.237. The Kier molecular flexibility index (Phi) is 4.96. The topological polar surface area (TPSA) is 64.3 Å². The van der Waals surface area contributed by atoms with Gasteiger partial charge in [0.2, 0.25) is 5.88 Å². The normalized spacial score (nSPS) is 21.2. The molecule has 0 spiro atoms. The van der Waals surface area contributed by atoms with Gasteiger partial charge in [-0.05, 0) is 32.1 Å². The molecule has 1 aromatic heterocycles. The number of piperidine rings is 1. The summed E-state index contributed by atoms with van der Waals surface area (Å²) in [6.07, 6.45) is 4.94. The quantitative estimate of drug-likeness (QED) is 0.879. The zero-order valence-electron chi connectivity index (χ0n) is 11.9. The van der Waals surface area contributed by atoms with Crippen LogP contribution in [0.2, 0.25) is 0 Å². The fraction of sp³-hybridized carbons (Fsp3) is 0.714. The molecular formula is C14H24N4O. The lowest BCUT2D eigenvalue weighted by molar-refractivity contribution is 0.304. The second-order valence-electron chi connectivity index (χ2n) is 5.27. The molecule has 1 aromatic rings. The van der Waals surface area contributed by atoms with E-state index >= 15 is 0 Å². The number of nitrogens with two attached hydrogens (primary N) is 1. The molecule has 1 fully saturated rings. The van der Waals surface area contributed by atoms with E-state index in [1.807, 2.05) is 6.07 Å². The zero-order chi connectivity index (χ0) is 13.7. The summed E-state index contributed by atoms with van der Waals surface area (Å²) < 4.78 is 5.56. The van der Waals surface area contributed by atoms with Gasteiger partial charge < -0.3 is 15.4 Å². The molecule has 2 rings (SSSR count). The van der Waals surface area contributed by atoms with E-state index in [9.17, 15) is 0 Å². The summed E-state index contributed by atoms with van der Waals surface area (Å²) in [5.41, 5.74) is 6.02. The Balaban J connectivity index is 2.04. The van der Waals surface area contributed by atoms with Gasteiger partial charge in [0.1, 0.15) is 12.1 Å². The molecule has 0 bridgehead atoms. The Morgan fingerprint density at radius 3 is 3.11 bits per heavy atom. The van der Waals surface area contributed by atoms with Gasteiger partial charge in [0.25, 0.3) is 0 Å². The first-order chi connectivity index (χ1) is 9.20. The molecule has 1 aliphatic rings. The highest BCUT2D eigenvalue weighted by molar-refractivity contribution is 5.41. The standard InChI is InChI=1S/C14H24N4O/c1-3-7-19-14-8-13(16-10-17-14)18-6-4-5-12(9-18)11(2)15/h8,10-12H,3-7,9,15H2,1-2H3. The third kappa shape index (κ3) is 3.80. The van der Waals surface area contributed by atoms with Crippen LogP contribution in [0.4, 0.5) is 5.82 Å². The third-order valence-electron chi connectivity index (χ3n) is 3.61. The molecule has 5 heteroatoms. The Bertz CT molecular complexity index is 397. The number of hydrogen-bond acceptors (Lipinski definition) is 5. The van der Waals surface area contributed by atoms with Gasteiger partial charge in [-0.15, -0.1) is 0 Å². The average Bonchev–Trinajstić information content (AvgIpc) is 2.45. The molecular weight excluding hydrogens is 240 g/mol. The molecule has 1 saturated heterocycles. The van der Waals surface area contributed by atoms with Crippen molar-refractivity contribution in [3.8, 4) is 5.88 Å². The van der Waals surface area contributed by atoms with E-state index in [-0.39, 0.29) is 6.04 Å². The molecule has 0 aromatic carbocycles. The summed E-state index contributed by atoms with van der Waals surface area (Å²) in [4.78, 5) is 10.8. The lowest BCUT2D eigenvalue weighted by Crippen LogP contribution is -2.42. The summed E-state index contributed by atoms with van der Waals surface area (Å²) in [7, 11) is 0. The maximum absolute atomic E-state index is 6.02. The van der Waals surface area contributed by atoms with Crippen LogP contribution < -0.4 is 15.4 Å². The van der Waals surface area contributed by atoms with Crippen LogP contribution in [0.25, 0.3) is 0 Å². The van der Waals surface area contributed by atoms with Crippen molar-refractivity contribution in [2.45, 2.75) is 39.2 Å². The number of ether oxygens (including phenoxy) is 1. The van der Waals surface area contributed by atoms with Crippen molar-refractivity contribution in [3.63, 3.8) is 0 Å². The van der Waals surface area contributed by atoms with Gasteiger partial charge in [-0.1, -0.05) is 6.92 Å². The molecule has 1 aliphatic heterocycles. The molecule has 0 aliphatic carbocycles. The second-order valence-corrected chi connectivity index (χ2v) is 5.27. The lowest BCUT2D eigenvalue weighted by Gasteiger charge is -2.35. The van der Waals surface area contributed by atoms with E-state index in [1.54, 1.807) is 6.33 Å². The number of rotatable bonds is 5. The first-order valence-corrected chi connectivity index (χ1v) is 7.16. The number of hydrogen-bond donors (Lipinski definition) is 1. The van der Waals surface area contributed by atoms with Crippen molar-refractivity contribution in [1.82, 2.24) is 9.97 Å². The first-order valence-electron chi connectivity index (χ1n) is 7.16. The van der Waals surface area contributed by atoms with Crippen LogP contribution in [0.5, 0.6) is 5.88 Å². The molecule has 0 radical (unpaired) electrons. The van der Waals surface area contributed by atoms with Gasteiger partial charge >= 0.3 is 0 Å². The van der Waals surface area contributed by atoms with Crippen LogP contribution in [-0.4, -0.2) is 35.7 Å². The van der Waals surface area contributed by atoms with Crippen LogP contribution in [0.3, 0.4) is 0 Å². The van der Waals surface area contributed by atoms with Gasteiger partial charge in [0, 0.05) is 25.2 Å². The highest BCUT2D eigenvalue weighted by Crippen LogP contribution is 2.24. The van der Waals surface area contributed by atoms with Crippen molar-refractivity contribution >= 4 is 5.82 Å². The predicted molar refractivity (Wildman–Crippen MR) is 76.4 cm³/mol. The van der Waals surface area contributed by atoms with E-state index in [4.69, 9.17) is 10.5 Å². The van der Waals surface area contributed by atoms with Gasteiger partial charge in [0.05, 0.1) is 6.61 Å². The lowest BCUT2D eigenvalue weighted by atomic mass is 9.92.